The third kappa shape index (κ3) is 2.99. The molecule has 1 aliphatic heterocycles. The van der Waals surface area contributed by atoms with Gasteiger partial charge in [-0.05, 0) is 36.4 Å². The molecule has 0 radical (unpaired) electrons. The van der Waals surface area contributed by atoms with Crippen molar-refractivity contribution in [3.05, 3.63) is 73.2 Å². The largest absolute Gasteiger partial charge is 0.321 e. The van der Waals surface area contributed by atoms with E-state index >= 15 is 0 Å². The van der Waals surface area contributed by atoms with E-state index in [9.17, 15) is 0 Å². The third-order valence-corrected chi connectivity index (χ3v) is 3.94. The lowest BCUT2D eigenvalue weighted by molar-refractivity contribution is 0.596. The SMILES string of the molecule is c1ccc(N2CN(c3ccccn3)CN(c3ccccn3)C2)nc1. The van der Waals surface area contributed by atoms with Crippen molar-refractivity contribution in [2.45, 2.75) is 0 Å². The second-order valence-electron chi connectivity index (χ2n) is 5.61. The molecule has 4 heterocycles. The molecule has 0 atom stereocenters. The van der Waals surface area contributed by atoms with Gasteiger partial charge < -0.3 is 14.7 Å². The van der Waals surface area contributed by atoms with E-state index in [-0.39, 0.29) is 0 Å². The van der Waals surface area contributed by atoms with Gasteiger partial charge in [0.25, 0.3) is 0 Å². The van der Waals surface area contributed by atoms with Gasteiger partial charge in [-0.3, -0.25) is 0 Å². The summed E-state index contributed by atoms with van der Waals surface area (Å²) < 4.78 is 0. The van der Waals surface area contributed by atoms with Crippen LogP contribution in [0.4, 0.5) is 17.5 Å². The summed E-state index contributed by atoms with van der Waals surface area (Å²) in [5, 5.41) is 0. The van der Waals surface area contributed by atoms with Gasteiger partial charge in [-0.1, -0.05) is 18.2 Å². The first-order valence-corrected chi connectivity index (χ1v) is 7.88. The minimum atomic E-state index is 0.733. The quantitative estimate of drug-likeness (QED) is 0.740. The van der Waals surface area contributed by atoms with Gasteiger partial charge in [-0.15, -0.1) is 0 Å². The van der Waals surface area contributed by atoms with Crippen molar-refractivity contribution < 1.29 is 0 Å². The minimum Gasteiger partial charge on any atom is -0.321 e. The highest BCUT2D eigenvalue weighted by Crippen LogP contribution is 2.22. The van der Waals surface area contributed by atoms with Crippen LogP contribution in [0.15, 0.2) is 73.2 Å². The predicted molar refractivity (Wildman–Crippen MR) is 94.7 cm³/mol. The maximum Gasteiger partial charge on any atom is 0.131 e. The van der Waals surface area contributed by atoms with Crippen LogP contribution < -0.4 is 14.7 Å². The van der Waals surface area contributed by atoms with Crippen molar-refractivity contribution >= 4 is 17.5 Å². The molecule has 0 N–H and O–H groups in total. The molecule has 1 aliphatic rings. The minimum absolute atomic E-state index is 0.733. The summed E-state index contributed by atoms with van der Waals surface area (Å²) in [6.45, 7) is 2.20. The van der Waals surface area contributed by atoms with Crippen molar-refractivity contribution in [1.29, 1.82) is 0 Å². The molecule has 3 aromatic rings. The van der Waals surface area contributed by atoms with Crippen LogP contribution in [0.25, 0.3) is 0 Å². The van der Waals surface area contributed by atoms with Gasteiger partial charge in [0.15, 0.2) is 0 Å². The summed E-state index contributed by atoms with van der Waals surface area (Å²) in [6, 6.07) is 17.9. The normalized spacial score (nSPS) is 14.8. The highest BCUT2D eigenvalue weighted by molar-refractivity contribution is 5.52. The molecular formula is C18H18N6. The van der Waals surface area contributed by atoms with E-state index < -0.39 is 0 Å². The van der Waals surface area contributed by atoms with Crippen molar-refractivity contribution in [3.63, 3.8) is 0 Å². The fourth-order valence-electron chi connectivity index (χ4n) is 2.81. The van der Waals surface area contributed by atoms with Crippen molar-refractivity contribution in [1.82, 2.24) is 15.0 Å². The zero-order valence-electron chi connectivity index (χ0n) is 13.2. The Morgan fingerprint density at radius 1 is 0.500 bits per heavy atom. The fraction of sp³-hybridized carbons (Fsp3) is 0.167. The van der Waals surface area contributed by atoms with E-state index in [4.69, 9.17) is 0 Å². The van der Waals surface area contributed by atoms with E-state index in [1.807, 2.05) is 73.2 Å². The van der Waals surface area contributed by atoms with Crippen LogP contribution >= 0.6 is 0 Å². The Balaban J connectivity index is 1.66. The molecule has 6 nitrogen and oxygen atoms in total. The first kappa shape index (κ1) is 14.4. The van der Waals surface area contributed by atoms with E-state index in [0.29, 0.717) is 0 Å². The maximum atomic E-state index is 4.49. The van der Waals surface area contributed by atoms with Crippen molar-refractivity contribution in [2.75, 3.05) is 34.7 Å². The lowest BCUT2D eigenvalue weighted by Gasteiger charge is -2.43. The van der Waals surface area contributed by atoms with Crippen LogP contribution in [-0.4, -0.2) is 35.0 Å². The Bertz CT molecular complexity index is 651. The molecule has 0 saturated carbocycles. The average Bonchev–Trinajstić information content (AvgIpc) is 2.70. The molecule has 4 rings (SSSR count). The molecule has 0 aliphatic carbocycles. The number of pyridine rings is 3. The van der Waals surface area contributed by atoms with Gasteiger partial charge in [0.05, 0.1) is 20.0 Å². The highest BCUT2D eigenvalue weighted by Gasteiger charge is 2.25. The fourth-order valence-corrected chi connectivity index (χ4v) is 2.81. The zero-order valence-corrected chi connectivity index (χ0v) is 13.2. The van der Waals surface area contributed by atoms with Crippen LogP contribution in [0, 0.1) is 0 Å². The zero-order chi connectivity index (χ0) is 16.2. The van der Waals surface area contributed by atoms with Crippen molar-refractivity contribution in [3.8, 4) is 0 Å². The standard InChI is InChI=1S/C18H18N6/c1-4-10-19-16(7-1)22-13-23(17-8-2-5-11-20-17)15-24(14-22)18-9-3-6-12-21-18/h1-12H,13-15H2. The van der Waals surface area contributed by atoms with Gasteiger partial charge in [-0.25, -0.2) is 15.0 Å². The van der Waals surface area contributed by atoms with E-state index in [0.717, 1.165) is 37.5 Å². The Morgan fingerprint density at radius 2 is 0.833 bits per heavy atom. The van der Waals surface area contributed by atoms with Gasteiger partial charge in [0.1, 0.15) is 17.5 Å². The molecule has 1 saturated heterocycles. The summed E-state index contributed by atoms with van der Waals surface area (Å²) in [4.78, 5) is 20.1. The number of anilines is 3. The number of aromatic nitrogens is 3. The number of hydrogen-bond donors (Lipinski definition) is 0. The van der Waals surface area contributed by atoms with Crippen LogP contribution in [0.5, 0.6) is 0 Å². The molecule has 0 aromatic carbocycles. The lowest BCUT2D eigenvalue weighted by atomic mass is 10.3. The van der Waals surface area contributed by atoms with Crippen LogP contribution in [0.3, 0.4) is 0 Å². The second kappa shape index (κ2) is 6.54. The number of nitrogens with zero attached hydrogens (tertiary/aromatic N) is 6. The lowest BCUT2D eigenvalue weighted by Crippen LogP contribution is -2.56. The Labute approximate surface area is 141 Å². The molecule has 0 bridgehead atoms. The predicted octanol–water partition coefficient (Wildman–Crippen LogP) is 2.58. The Kier molecular flexibility index (Phi) is 3.93. The molecule has 0 unspecified atom stereocenters. The Hall–Kier alpha value is -3.15. The summed E-state index contributed by atoms with van der Waals surface area (Å²) >= 11 is 0. The topological polar surface area (TPSA) is 48.4 Å². The summed E-state index contributed by atoms with van der Waals surface area (Å²) in [6.07, 6.45) is 5.46. The molecule has 24 heavy (non-hydrogen) atoms. The maximum absolute atomic E-state index is 4.49. The van der Waals surface area contributed by atoms with E-state index in [1.165, 1.54) is 0 Å². The van der Waals surface area contributed by atoms with Gasteiger partial charge >= 0.3 is 0 Å². The second-order valence-corrected chi connectivity index (χ2v) is 5.61. The monoisotopic (exact) mass is 318 g/mol. The molecule has 120 valence electrons. The molecule has 6 heteroatoms. The molecule has 1 fully saturated rings. The van der Waals surface area contributed by atoms with Crippen LogP contribution in [0.2, 0.25) is 0 Å². The summed E-state index contributed by atoms with van der Waals surface area (Å²) in [5.74, 6) is 2.83. The number of rotatable bonds is 3. The first-order valence-electron chi connectivity index (χ1n) is 7.88. The highest BCUT2D eigenvalue weighted by atomic mass is 15.5. The Morgan fingerprint density at radius 3 is 1.08 bits per heavy atom. The van der Waals surface area contributed by atoms with Crippen LogP contribution in [-0.2, 0) is 0 Å². The van der Waals surface area contributed by atoms with E-state index in [1.54, 1.807) is 0 Å². The van der Waals surface area contributed by atoms with Gasteiger partial charge in [0, 0.05) is 18.6 Å². The third-order valence-electron chi connectivity index (χ3n) is 3.94. The average molecular weight is 318 g/mol. The molecule has 0 amide bonds. The van der Waals surface area contributed by atoms with Crippen molar-refractivity contribution in [2.24, 2.45) is 0 Å². The summed E-state index contributed by atoms with van der Waals surface area (Å²) in [7, 11) is 0. The van der Waals surface area contributed by atoms with E-state index in [2.05, 4.69) is 29.7 Å². The molecule has 0 spiro atoms. The van der Waals surface area contributed by atoms with Gasteiger partial charge in [0.2, 0.25) is 0 Å². The number of hydrogen-bond acceptors (Lipinski definition) is 6. The summed E-state index contributed by atoms with van der Waals surface area (Å²) in [5.41, 5.74) is 0. The molecular weight excluding hydrogens is 300 g/mol. The van der Waals surface area contributed by atoms with Crippen LogP contribution in [0.1, 0.15) is 0 Å². The smallest absolute Gasteiger partial charge is 0.131 e. The van der Waals surface area contributed by atoms with Gasteiger partial charge in [-0.2, -0.15) is 0 Å². The first-order chi connectivity index (χ1) is 11.9. The molecule has 3 aromatic heterocycles.